The van der Waals surface area contributed by atoms with Gasteiger partial charge in [-0.1, -0.05) is 61.8 Å². The Morgan fingerprint density at radius 1 is 0.636 bits per heavy atom. The number of hydrogen-bond donors (Lipinski definition) is 0. The van der Waals surface area contributed by atoms with Crippen LogP contribution >= 0.6 is 0 Å². The van der Waals surface area contributed by atoms with Crippen molar-refractivity contribution in [2.24, 2.45) is 11.8 Å². The van der Waals surface area contributed by atoms with Crippen LogP contribution in [-0.4, -0.2) is 0 Å². The first-order chi connectivity index (χ1) is 3.79. The molecule has 0 bridgehead atoms. The lowest BCUT2D eigenvalue weighted by atomic mass is 9.84. The first kappa shape index (κ1) is 17.2. The first-order valence-corrected chi connectivity index (χ1v) is 3.79. The van der Waals surface area contributed by atoms with Gasteiger partial charge in [-0.15, -0.1) is 0 Å². The van der Waals surface area contributed by atoms with Gasteiger partial charge in [-0.3, -0.25) is 0 Å². The highest BCUT2D eigenvalue weighted by atomic mass is 14.2. The predicted octanol–water partition coefficient (Wildman–Crippen LogP) is 4.74. The monoisotopic (exact) mass is 160 g/mol. The molecule has 72 valence electrons. The largest absolute Gasteiger partial charge is 0.0776 e. The van der Waals surface area contributed by atoms with Crippen LogP contribution in [0.2, 0.25) is 0 Å². The van der Waals surface area contributed by atoms with Gasteiger partial charge in [0.25, 0.3) is 0 Å². The smallest absolute Gasteiger partial charge is 0.0443 e. The van der Waals surface area contributed by atoms with Crippen molar-refractivity contribution in [1.82, 2.24) is 0 Å². The van der Waals surface area contributed by atoms with E-state index < -0.39 is 0 Å². The molecule has 1 aliphatic rings. The Bertz CT molecular complexity index is 48.4. The molecule has 1 saturated carbocycles. The van der Waals surface area contributed by atoms with Crippen molar-refractivity contribution >= 4 is 0 Å². The molecule has 11 heavy (non-hydrogen) atoms. The third kappa shape index (κ3) is 6.40. The number of hydrogen-bond acceptors (Lipinski definition) is 0. The van der Waals surface area contributed by atoms with Gasteiger partial charge in [-0.2, -0.15) is 0 Å². The first-order valence-electron chi connectivity index (χ1n) is 3.79. The molecule has 1 fully saturated rings. The van der Waals surface area contributed by atoms with Crippen LogP contribution in [0.15, 0.2) is 0 Å². The van der Waals surface area contributed by atoms with Gasteiger partial charge in [-0.05, 0) is 11.8 Å². The van der Waals surface area contributed by atoms with Crippen LogP contribution in [0.5, 0.6) is 0 Å². The molecule has 0 aromatic carbocycles. The lowest BCUT2D eigenvalue weighted by Gasteiger charge is -2.22. The summed E-state index contributed by atoms with van der Waals surface area (Å²) in [6.07, 6.45) is 5.89. The predicted molar refractivity (Wildman–Crippen MR) is 57.0 cm³/mol. The van der Waals surface area contributed by atoms with E-state index in [0.717, 1.165) is 11.8 Å². The molecule has 0 aliphatic heterocycles. The van der Waals surface area contributed by atoms with Gasteiger partial charge in [0.2, 0.25) is 0 Å². The van der Waals surface area contributed by atoms with E-state index in [1.807, 2.05) is 0 Å². The molecular formula is C11H28. The second kappa shape index (κ2) is 8.10. The Balaban J connectivity index is -0.000000213. The standard InChI is InChI=1S/C8H16.3CH4/c1-7-3-5-8(2)6-4-7;;;/h7-8H,3-6H2,1-2H3;3*1H4. The van der Waals surface area contributed by atoms with Gasteiger partial charge in [0, 0.05) is 0 Å². The molecule has 0 spiro atoms. The van der Waals surface area contributed by atoms with Gasteiger partial charge >= 0.3 is 0 Å². The van der Waals surface area contributed by atoms with Gasteiger partial charge in [0.1, 0.15) is 0 Å². The van der Waals surface area contributed by atoms with Crippen molar-refractivity contribution in [1.29, 1.82) is 0 Å². The highest BCUT2D eigenvalue weighted by molar-refractivity contribution is 4.65. The van der Waals surface area contributed by atoms with Gasteiger partial charge in [-0.25, -0.2) is 0 Å². The highest BCUT2D eigenvalue weighted by Crippen LogP contribution is 2.27. The molecule has 0 radical (unpaired) electrons. The molecule has 0 heterocycles. The lowest BCUT2D eigenvalue weighted by Crippen LogP contribution is -2.08. The lowest BCUT2D eigenvalue weighted by molar-refractivity contribution is 0.308. The van der Waals surface area contributed by atoms with Crippen molar-refractivity contribution in [3.05, 3.63) is 0 Å². The third-order valence-corrected chi connectivity index (χ3v) is 2.30. The molecule has 0 nitrogen and oxygen atoms in total. The van der Waals surface area contributed by atoms with E-state index in [2.05, 4.69) is 13.8 Å². The molecule has 0 saturated heterocycles. The Kier molecular flexibility index (Phi) is 12.7. The quantitative estimate of drug-likeness (QED) is 0.480. The molecule has 0 N–H and O–H groups in total. The van der Waals surface area contributed by atoms with Crippen LogP contribution < -0.4 is 0 Å². The van der Waals surface area contributed by atoms with Crippen molar-refractivity contribution in [3.63, 3.8) is 0 Å². The van der Waals surface area contributed by atoms with Crippen LogP contribution in [0.1, 0.15) is 61.8 Å². The summed E-state index contributed by atoms with van der Waals surface area (Å²) < 4.78 is 0. The molecule has 1 rings (SSSR count). The van der Waals surface area contributed by atoms with Crippen LogP contribution in [0.4, 0.5) is 0 Å². The maximum absolute atomic E-state index is 2.37. The minimum atomic E-state index is 0. The second-order valence-electron chi connectivity index (χ2n) is 3.37. The zero-order valence-electron chi connectivity index (χ0n) is 5.98. The van der Waals surface area contributed by atoms with Crippen LogP contribution in [-0.2, 0) is 0 Å². The second-order valence-corrected chi connectivity index (χ2v) is 3.37. The third-order valence-electron chi connectivity index (χ3n) is 2.30. The van der Waals surface area contributed by atoms with E-state index in [9.17, 15) is 0 Å². The highest BCUT2D eigenvalue weighted by Gasteiger charge is 2.13. The maximum Gasteiger partial charge on any atom is -0.0443 e. The Labute approximate surface area is 74.4 Å². The van der Waals surface area contributed by atoms with Gasteiger partial charge in [0.05, 0.1) is 0 Å². The van der Waals surface area contributed by atoms with E-state index in [1.54, 1.807) is 0 Å². The maximum atomic E-state index is 2.37. The molecular weight excluding hydrogens is 132 g/mol. The average Bonchev–Trinajstić information content (AvgIpc) is 1.77. The Morgan fingerprint density at radius 2 is 0.818 bits per heavy atom. The molecule has 0 atom stereocenters. The molecule has 0 amide bonds. The SMILES string of the molecule is C.C.C.CC1CCC(C)CC1. The molecule has 0 aromatic rings. The van der Waals surface area contributed by atoms with E-state index >= 15 is 0 Å². The summed E-state index contributed by atoms with van der Waals surface area (Å²) in [5.41, 5.74) is 0. The fourth-order valence-electron chi connectivity index (χ4n) is 1.43. The molecule has 1 aliphatic carbocycles. The van der Waals surface area contributed by atoms with E-state index in [0.29, 0.717) is 0 Å². The van der Waals surface area contributed by atoms with Crippen LogP contribution in [0, 0.1) is 11.8 Å². The summed E-state index contributed by atoms with van der Waals surface area (Å²) in [6.45, 7) is 4.73. The van der Waals surface area contributed by atoms with Crippen molar-refractivity contribution < 1.29 is 0 Å². The summed E-state index contributed by atoms with van der Waals surface area (Å²) in [4.78, 5) is 0. The zero-order valence-corrected chi connectivity index (χ0v) is 5.98. The van der Waals surface area contributed by atoms with Crippen molar-refractivity contribution in [2.45, 2.75) is 61.8 Å². The van der Waals surface area contributed by atoms with Crippen molar-refractivity contribution in [3.8, 4) is 0 Å². The molecule has 0 aromatic heterocycles. The number of rotatable bonds is 0. The minimum Gasteiger partial charge on any atom is -0.0776 e. The van der Waals surface area contributed by atoms with E-state index in [4.69, 9.17) is 0 Å². The van der Waals surface area contributed by atoms with Crippen LogP contribution in [0.25, 0.3) is 0 Å². The fraction of sp³-hybridized carbons (Fsp3) is 1.00. The zero-order chi connectivity index (χ0) is 5.98. The Morgan fingerprint density at radius 3 is 1.00 bits per heavy atom. The Hall–Kier alpha value is 0. The minimum absolute atomic E-state index is 0. The summed E-state index contributed by atoms with van der Waals surface area (Å²) in [6, 6.07) is 0. The van der Waals surface area contributed by atoms with Crippen molar-refractivity contribution in [2.75, 3.05) is 0 Å². The molecule has 0 heteroatoms. The van der Waals surface area contributed by atoms with Gasteiger partial charge < -0.3 is 0 Å². The normalized spacial score (nSPS) is 28.9. The van der Waals surface area contributed by atoms with E-state index in [1.165, 1.54) is 25.7 Å². The molecule has 0 unspecified atom stereocenters. The fourth-order valence-corrected chi connectivity index (χ4v) is 1.43. The van der Waals surface area contributed by atoms with Gasteiger partial charge in [0.15, 0.2) is 0 Å². The summed E-state index contributed by atoms with van der Waals surface area (Å²) in [7, 11) is 0. The summed E-state index contributed by atoms with van der Waals surface area (Å²) in [5, 5.41) is 0. The topological polar surface area (TPSA) is 0 Å². The summed E-state index contributed by atoms with van der Waals surface area (Å²) in [5.74, 6) is 2.04. The average molecular weight is 160 g/mol. The van der Waals surface area contributed by atoms with Crippen LogP contribution in [0.3, 0.4) is 0 Å². The summed E-state index contributed by atoms with van der Waals surface area (Å²) >= 11 is 0. The van der Waals surface area contributed by atoms with E-state index in [-0.39, 0.29) is 22.3 Å².